The number of carbonyl (C=O) groups is 1. The van der Waals surface area contributed by atoms with Crippen LogP contribution >= 0.6 is 0 Å². The fourth-order valence-corrected chi connectivity index (χ4v) is 2.53. The van der Waals surface area contributed by atoms with E-state index in [9.17, 15) is 4.79 Å². The van der Waals surface area contributed by atoms with Crippen molar-refractivity contribution in [1.29, 1.82) is 5.26 Å². The predicted octanol–water partition coefficient (Wildman–Crippen LogP) is 2.58. The van der Waals surface area contributed by atoms with E-state index in [-0.39, 0.29) is 11.6 Å². The summed E-state index contributed by atoms with van der Waals surface area (Å²) in [5.74, 6) is -0.187. The lowest BCUT2D eigenvalue weighted by Crippen LogP contribution is -2.26. The summed E-state index contributed by atoms with van der Waals surface area (Å²) in [4.78, 5) is 12.5. The zero-order valence-electron chi connectivity index (χ0n) is 13.4. The molecule has 1 aromatic heterocycles. The molecule has 0 saturated carbocycles. The van der Waals surface area contributed by atoms with Crippen molar-refractivity contribution < 1.29 is 4.79 Å². The lowest BCUT2D eigenvalue weighted by molar-refractivity contribution is -0.119. The van der Waals surface area contributed by atoms with Gasteiger partial charge in [0.2, 0.25) is 5.91 Å². The van der Waals surface area contributed by atoms with E-state index in [0.29, 0.717) is 5.69 Å². The van der Waals surface area contributed by atoms with Gasteiger partial charge in [0, 0.05) is 5.69 Å². The van der Waals surface area contributed by atoms with Gasteiger partial charge in [0.05, 0.1) is 5.69 Å². The minimum Gasteiger partial charge on any atom is -0.324 e. The molecular formula is C16H19N5O. The number of aryl methyl sites for hydroxylation is 3. The molecule has 0 aliphatic carbocycles. The first kappa shape index (κ1) is 15.7. The first-order valence-electron chi connectivity index (χ1n) is 7.05. The van der Waals surface area contributed by atoms with Crippen LogP contribution in [0.5, 0.6) is 0 Å². The summed E-state index contributed by atoms with van der Waals surface area (Å²) in [6.07, 6.45) is 0. The van der Waals surface area contributed by atoms with Crippen molar-refractivity contribution in [3.8, 4) is 6.07 Å². The van der Waals surface area contributed by atoms with Gasteiger partial charge in [0.1, 0.15) is 12.1 Å². The topological polar surface area (TPSA) is 83.6 Å². The minimum absolute atomic E-state index is 0.187. The summed E-state index contributed by atoms with van der Waals surface area (Å²) in [5, 5.41) is 19.5. The lowest BCUT2D eigenvalue weighted by atomic mass is 10.0. The Balaban J connectivity index is 2.26. The third kappa shape index (κ3) is 2.84. The number of hydrogen-bond donors (Lipinski definition) is 1. The van der Waals surface area contributed by atoms with Crippen molar-refractivity contribution in [2.75, 3.05) is 5.32 Å². The molecule has 1 unspecified atom stereocenters. The first-order chi connectivity index (χ1) is 10.3. The number of amides is 1. The van der Waals surface area contributed by atoms with Crippen LogP contribution < -0.4 is 5.32 Å². The maximum atomic E-state index is 12.5. The van der Waals surface area contributed by atoms with E-state index in [1.807, 2.05) is 39.0 Å². The Kier molecular flexibility index (Phi) is 4.27. The number of nitrogens with one attached hydrogen (secondary N) is 1. The van der Waals surface area contributed by atoms with Crippen molar-refractivity contribution in [3.63, 3.8) is 0 Å². The summed E-state index contributed by atoms with van der Waals surface area (Å²) < 4.78 is 1.47. The molecule has 22 heavy (non-hydrogen) atoms. The van der Waals surface area contributed by atoms with Crippen molar-refractivity contribution in [2.45, 2.75) is 40.7 Å². The number of hydrogen-bond acceptors (Lipinski definition) is 4. The van der Waals surface area contributed by atoms with Crippen LogP contribution in [0.3, 0.4) is 0 Å². The number of aromatic nitrogens is 3. The normalized spacial score (nSPS) is 11.8. The summed E-state index contributed by atoms with van der Waals surface area (Å²) in [6, 6.07) is 5.47. The summed E-state index contributed by atoms with van der Waals surface area (Å²) in [7, 11) is 0. The van der Waals surface area contributed by atoms with Crippen LogP contribution in [0, 0.1) is 39.0 Å². The highest BCUT2D eigenvalue weighted by molar-refractivity contribution is 5.95. The van der Waals surface area contributed by atoms with E-state index in [1.165, 1.54) is 4.68 Å². The van der Waals surface area contributed by atoms with Crippen molar-refractivity contribution in [2.24, 2.45) is 0 Å². The Morgan fingerprint density at radius 3 is 2.36 bits per heavy atom. The van der Waals surface area contributed by atoms with E-state index in [0.717, 1.165) is 22.4 Å². The molecule has 1 aromatic carbocycles. The van der Waals surface area contributed by atoms with Crippen LogP contribution in [0.15, 0.2) is 12.1 Å². The van der Waals surface area contributed by atoms with Gasteiger partial charge in [0.15, 0.2) is 5.69 Å². The molecule has 0 fully saturated rings. The van der Waals surface area contributed by atoms with Crippen molar-refractivity contribution in [3.05, 3.63) is 40.2 Å². The Morgan fingerprint density at radius 1 is 1.27 bits per heavy atom. The second-order valence-corrected chi connectivity index (χ2v) is 5.52. The molecule has 6 nitrogen and oxygen atoms in total. The van der Waals surface area contributed by atoms with Gasteiger partial charge < -0.3 is 5.32 Å². The molecule has 1 heterocycles. The Labute approximate surface area is 129 Å². The molecule has 0 aliphatic heterocycles. The molecule has 6 heteroatoms. The second-order valence-electron chi connectivity index (χ2n) is 5.52. The Morgan fingerprint density at radius 2 is 1.86 bits per heavy atom. The summed E-state index contributed by atoms with van der Waals surface area (Å²) >= 11 is 0. The number of nitrogens with zero attached hydrogens (tertiary/aromatic N) is 4. The van der Waals surface area contributed by atoms with E-state index in [1.54, 1.807) is 13.8 Å². The van der Waals surface area contributed by atoms with Crippen LogP contribution in [-0.4, -0.2) is 20.9 Å². The summed E-state index contributed by atoms with van der Waals surface area (Å²) in [5.41, 5.74) is 4.84. The predicted molar refractivity (Wildman–Crippen MR) is 83.5 cm³/mol. The molecule has 114 valence electrons. The molecule has 1 amide bonds. The first-order valence-corrected chi connectivity index (χ1v) is 7.05. The number of nitriles is 1. The lowest BCUT2D eigenvalue weighted by Gasteiger charge is -2.17. The van der Waals surface area contributed by atoms with Crippen LogP contribution in [-0.2, 0) is 4.79 Å². The highest BCUT2D eigenvalue weighted by atomic mass is 16.2. The largest absolute Gasteiger partial charge is 0.324 e. The van der Waals surface area contributed by atoms with E-state index < -0.39 is 6.04 Å². The highest BCUT2D eigenvalue weighted by Crippen LogP contribution is 2.23. The zero-order chi connectivity index (χ0) is 16.4. The van der Waals surface area contributed by atoms with Crippen molar-refractivity contribution in [1.82, 2.24) is 15.0 Å². The Bertz CT molecular complexity index is 746. The maximum Gasteiger partial charge on any atom is 0.249 e. The molecule has 0 spiro atoms. The van der Waals surface area contributed by atoms with Crippen LogP contribution in [0.25, 0.3) is 0 Å². The van der Waals surface area contributed by atoms with E-state index in [2.05, 4.69) is 15.6 Å². The average Bonchev–Trinajstić information content (AvgIpc) is 2.82. The third-order valence-corrected chi connectivity index (χ3v) is 3.70. The van der Waals surface area contributed by atoms with Gasteiger partial charge >= 0.3 is 0 Å². The van der Waals surface area contributed by atoms with E-state index >= 15 is 0 Å². The van der Waals surface area contributed by atoms with Crippen LogP contribution in [0.4, 0.5) is 5.69 Å². The fourth-order valence-electron chi connectivity index (χ4n) is 2.53. The van der Waals surface area contributed by atoms with Gasteiger partial charge in [-0.25, -0.2) is 4.68 Å². The molecule has 0 bridgehead atoms. The molecule has 0 saturated heterocycles. The molecule has 0 aliphatic rings. The van der Waals surface area contributed by atoms with Gasteiger partial charge in [-0.05, 0) is 45.7 Å². The van der Waals surface area contributed by atoms with Gasteiger partial charge in [0.25, 0.3) is 0 Å². The Hall–Kier alpha value is -2.68. The van der Waals surface area contributed by atoms with Crippen molar-refractivity contribution >= 4 is 11.6 Å². The third-order valence-electron chi connectivity index (χ3n) is 3.70. The van der Waals surface area contributed by atoms with Crippen LogP contribution in [0.1, 0.15) is 41.0 Å². The molecule has 2 aromatic rings. The number of anilines is 1. The molecule has 2 rings (SSSR count). The molecule has 1 N–H and O–H groups in total. The van der Waals surface area contributed by atoms with Gasteiger partial charge in [-0.1, -0.05) is 22.9 Å². The van der Waals surface area contributed by atoms with Gasteiger partial charge in [-0.2, -0.15) is 5.26 Å². The second kappa shape index (κ2) is 5.98. The van der Waals surface area contributed by atoms with Gasteiger partial charge in [-0.15, -0.1) is 5.10 Å². The highest BCUT2D eigenvalue weighted by Gasteiger charge is 2.21. The number of carbonyl (C=O) groups excluding carboxylic acids is 1. The number of benzene rings is 1. The fraction of sp³-hybridized carbons (Fsp3) is 0.375. The minimum atomic E-state index is -0.547. The monoisotopic (exact) mass is 297 g/mol. The molecule has 1 atom stereocenters. The standard InChI is InChI=1S/C16H19N5O/c1-9-6-10(2)15(11(3)7-9)18-16(22)13(5)21-12(4)14(8-17)19-20-21/h6-7,13H,1-5H3,(H,18,22). The molecular weight excluding hydrogens is 278 g/mol. The smallest absolute Gasteiger partial charge is 0.249 e. The average molecular weight is 297 g/mol. The quantitative estimate of drug-likeness (QED) is 0.943. The molecule has 0 radical (unpaired) electrons. The summed E-state index contributed by atoms with van der Waals surface area (Å²) in [6.45, 7) is 9.42. The maximum absolute atomic E-state index is 12.5. The van der Waals surface area contributed by atoms with E-state index in [4.69, 9.17) is 5.26 Å². The zero-order valence-corrected chi connectivity index (χ0v) is 13.4. The van der Waals surface area contributed by atoms with Gasteiger partial charge in [-0.3, -0.25) is 4.79 Å². The SMILES string of the molecule is Cc1cc(C)c(NC(=O)C(C)n2nnc(C#N)c2C)c(C)c1. The van der Waals surface area contributed by atoms with Crippen LogP contribution in [0.2, 0.25) is 0 Å². The number of rotatable bonds is 3.